The third-order valence-electron chi connectivity index (χ3n) is 3.48. The normalized spacial score (nSPS) is 11.1. The summed E-state index contributed by atoms with van der Waals surface area (Å²) in [5.74, 6) is 0.712. The van der Waals surface area contributed by atoms with Gasteiger partial charge >= 0.3 is 5.91 Å². The summed E-state index contributed by atoms with van der Waals surface area (Å²) in [6.07, 6.45) is 0. The van der Waals surface area contributed by atoms with E-state index in [-0.39, 0.29) is 11.7 Å². The van der Waals surface area contributed by atoms with Crippen molar-refractivity contribution in [2.45, 2.75) is 34.2 Å². The SMILES string of the molecule is Cc1cc(C)n(Cc2ccc(C(=O)n3nc(C)cc3C)o2)n1. The van der Waals surface area contributed by atoms with Crippen molar-refractivity contribution in [2.24, 2.45) is 0 Å². The van der Waals surface area contributed by atoms with Crippen LogP contribution in [0.4, 0.5) is 0 Å². The Kier molecular flexibility index (Phi) is 3.44. The lowest BCUT2D eigenvalue weighted by molar-refractivity contribution is 0.0912. The van der Waals surface area contributed by atoms with Crippen LogP contribution in [0.25, 0.3) is 0 Å². The van der Waals surface area contributed by atoms with Crippen LogP contribution in [-0.2, 0) is 6.54 Å². The van der Waals surface area contributed by atoms with E-state index >= 15 is 0 Å². The molecular formula is C16H18N4O2. The van der Waals surface area contributed by atoms with E-state index in [1.54, 1.807) is 12.1 Å². The van der Waals surface area contributed by atoms with E-state index in [1.807, 2.05) is 44.5 Å². The molecule has 0 bridgehead atoms. The van der Waals surface area contributed by atoms with Gasteiger partial charge in [0.25, 0.3) is 0 Å². The first-order chi connectivity index (χ1) is 10.4. The van der Waals surface area contributed by atoms with Gasteiger partial charge in [0, 0.05) is 11.4 Å². The maximum absolute atomic E-state index is 12.4. The topological polar surface area (TPSA) is 65.8 Å². The lowest BCUT2D eigenvalue weighted by Crippen LogP contribution is -2.14. The molecular weight excluding hydrogens is 280 g/mol. The fourth-order valence-electron chi connectivity index (χ4n) is 2.50. The first-order valence-electron chi connectivity index (χ1n) is 7.12. The molecule has 0 aliphatic carbocycles. The number of rotatable bonds is 3. The number of furan rings is 1. The van der Waals surface area contributed by atoms with Gasteiger partial charge in [-0.3, -0.25) is 9.48 Å². The molecule has 3 rings (SSSR count). The summed E-state index contributed by atoms with van der Waals surface area (Å²) in [4.78, 5) is 12.4. The fraction of sp³-hybridized carbons (Fsp3) is 0.312. The van der Waals surface area contributed by atoms with Crippen molar-refractivity contribution in [3.63, 3.8) is 0 Å². The number of aromatic nitrogens is 4. The Morgan fingerprint density at radius 1 is 1.05 bits per heavy atom. The average molecular weight is 298 g/mol. The van der Waals surface area contributed by atoms with Crippen molar-refractivity contribution in [2.75, 3.05) is 0 Å². The lowest BCUT2D eigenvalue weighted by Gasteiger charge is -2.02. The molecule has 0 N–H and O–H groups in total. The van der Waals surface area contributed by atoms with Crippen molar-refractivity contribution >= 4 is 5.91 Å². The molecule has 3 aromatic heterocycles. The van der Waals surface area contributed by atoms with Crippen LogP contribution in [0.2, 0.25) is 0 Å². The van der Waals surface area contributed by atoms with Gasteiger partial charge in [0.2, 0.25) is 0 Å². The molecule has 0 saturated carbocycles. The average Bonchev–Trinajstić information content (AvgIpc) is 3.11. The van der Waals surface area contributed by atoms with E-state index < -0.39 is 0 Å². The minimum Gasteiger partial charge on any atom is -0.454 e. The molecule has 0 unspecified atom stereocenters. The molecule has 0 amide bonds. The number of hydrogen-bond donors (Lipinski definition) is 0. The van der Waals surface area contributed by atoms with Crippen molar-refractivity contribution in [3.8, 4) is 0 Å². The highest BCUT2D eigenvalue weighted by molar-refractivity contribution is 5.93. The summed E-state index contributed by atoms with van der Waals surface area (Å²) < 4.78 is 8.88. The largest absolute Gasteiger partial charge is 0.454 e. The summed E-state index contributed by atoms with van der Waals surface area (Å²) in [6.45, 7) is 8.14. The van der Waals surface area contributed by atoms with Crippen molar-refractivity contribution in [3.05, 3.63) is 58.6 Å². The van der Waals surface area contributed by atoms with Crippen LogP contribution in [0, 0.1) is 27.7 Å². The zero-order chi connectivity index (χ0) is 15.9. The quantitative estimate of drug-likeness (QED) is 0.745. The summed E-state index contributed by atoms with van der Waals surface area (Å²) >= 11 is 0. The molecule has 3 aromatic rings. The number of carbonyl (C=O) groups is 1. The Balaban J connectivity index is 1.83. The molecule has 114 valence electrons. The maximum atomic E-state index is 12.4. The number of carbonyl (C=O) groups excluding carboxylic acids is 1. The molecule has 0 saturated heterocycles. The molecule has 0 aliphatic rings. The Labute approximate surface area is 128 Å². The van der Waals surface area contributed by atoms with Crippen molar-refractivity contribution in [1.29, 1.82) is 0 Å². The zero-order valence-corrected chi connectivity index (χ0v) is 13.1. The molecule has 6 nitrogen and oxygen atoms in total. The van der Waals surface area contributed by atoms with Crippen LogP contribution in [0.3, 0.4) is 0 Å². The van der Waals surface area contributed by atoms with Gasteiger partial charge in [-0.2, -0.15) is 14.9 Å². The highest BCUT2D eigenvalue weighted by Gasteiger charge is 2.17. The van der Waals surface area contributed by atoms with Crippen molar-refractivity contribution in [1.82, 2.24) is 19.6 Å². The molecule has 0 aromatic carbocycles. The lowest BCUT2D eigenvalue weighted by atomic mass is 10.3. The Morgan fingerprint density at radius 2 is 1.73 bits per heavy atom. The third-order valence-corrected chi connectivity index (χ3v) is 3.48. The van der Waals surface area contributed by atoms with Gasteiger partial charge in [-0.1, -0.05) is 0 Å². The minimum atomic E-state index is -0.259. The first kappa shape index (κ1) is 14.3. The smallest absolute Gasteiger partial charge is 0.314 e. The van der Waals surface area contributed by atoms with Crippen LogP contribution in [-0.4, -0.2) is 25.5 Å². The Bertz CT molecular complexity index is 838. The van der Waals surface area contributed by atoms with E-state index in [1.165, 1.54) is 4.68 Å². The molecule has 0 radical (unpaired) electrons. The van der Waals surface area contributed by atoms with E-state index in [4.69, 9.17) is 4.42 Å². The summed E-state index contributed by atoms with van der Waals surface area (Å²) in [5, 5.41) is 8.58. The van der Waals surface area contributed by atoms with E-state index in [0.29, 0.717) is 12.3 Å². The Morgan fingerprint density at radius 3 is 2.32 bits per heavy atom. The van der Waals surface area contributed by atoms with Crippen LogP contribution in [0.15, 0.2) is 28.7 Å². The summed E-state index contributed by atoms with van der Waals surface area (Å²) in [6, 6.07) is 7.34. The molecule has 0 fully saturated rings. The molecule has 0 atom stereocenters. The van der Waals surface area contributed by atoms with Crippen LogP contribution < -0.4 is 0 Å². The van der Waals surface area contributed by atoms with Gasteiger partial charge < -0.3 is 4.42 Å². The molecule has 22 heavy (non-hydrogen) atoms. The van der Waals surface area contributed by atoms with E-state index in [9.17, 15) is 4.79 Å². The number of aryl methyl sites for hydroxylation is 4. The first-order valence-corrected chi connectivity index (χ1v) is 7.12. The predicted molar refractivity (Wildman–Crippen MR) is 80.9 cm³/mol. The maximum Gasteiger partial charge on any atom is 0.314 e. The third kappa shape index (κ3) is 2.59. The second-order valence-electron chi connectivity index (χ2n) is 5.49. The molecule has 6 heteroatoms. The van der Waals surface area contributed by atoms with Crippen molar-refractivity contribution < 1.29 is 9.21 Å². The zero-order valence-electron chi connectivity index (χ0n) is 13.1. The van der Waals surface area contributed by atoms with Crippen LogP contribution >= 0.6 is 0 Å². The fourth-order valence-corrected chi connectivity index (χ4v) is 2.50. The second kappa shape index (κ2) is 5.29. The second-order valence-corrected chi connectivity index (χ2v) is 5.49. The molecule has 0 aliphatic heterocycles. The van der Waals surface area contributed by atoms with E-state index in [0.717, 1.165) is 22.8 Å². The standard InChI is InChI=1S/C16H18N4O2/c1-10-7-12(3)19(17-10)9-14-5-6-15(22-14)16(21)20-13(4)8-11(2)18-20/h5-8H,9H2,1-4H3. The number of nitrogens with zero attached hydrogens (tertiary/aromatic N) is 4. The van der Waals surface area contributed by atoms with E-state index in [2.05, 4.69) is 10.2 Å². The van der Waals surface area contributed by atoms with Crippen LogP contribution in [0.5, 0.6) is 0 Å². The van der Waals surface area contributed by atoms with Gasteiger partial charge in [0.1, 0.15) is 5.76 Å². The highest BCUT2D eigenvalue weighted by atomic mass is 16.4. The molecule has 3 heterocycles. The minimum absolute atomic E-state index is 0.259. The highest BCUT2D eigenvalue weighted by Crippen LogP contribution is 2.14. The monoisotopic (exact) mass is 298 g/mol. The van der Waals surface area contributed by atoms with Gasteiger partial charge in [-0.15, -0.1) is 0 Å². The predicted octanol–water partition coefficient (Wildman–Crippen LogP) is 2.64. The molecule has 0 spiro atoms. The van der Waals surface area contributed by atoms with Gasteiger partial charge in [-0.05, 0) is 52.0 Å². The summed E-state index contributed by atoms with van der Waals surface area (Å²) in [7, 11) is 0. The summed E-state index contributed by atoms with van der Waals surface area (Å²) in [5.41, 5.74) is 3.61. The van der Waals surface area contributed by atoms with Gasteiger partial charge in [0.15, 0.2) is 5.76 Å². The van der Waals surface area contributed by atoms with Gasteiger partial charge in [-0.25, -0.2) is 0 Å². The number of hydrogen-bond acceptors (Lipinski definition) is 4. The van der Waals surface area contributed by atoms with Crippen LogP contribution in [0.1, 0.15) is 39.1 Å². The van der Waals surface area contributed by atoms with Gasteiger partial charge in [0.05, 0.1) is 17.9 Å². The Hall–Kier alpha value is -2.63.